The van der Waals surface area contributed by atoms with Gasteiger partial charge in [-0.1, -0.05) is 6.07 Å². The van der Waals surface area contributed by atoms with Crippen LogP contribution in [-0.4, -0.2) is 28.5 Å². The molecule has 1 aromatic carbocycles. The first-order chi connectivity index (χ1) is 7.61. The molecule has 1 fully saturated rings. The number of hydrogen-bond donors (Lipinski definition) is 2. The number of aromatic hydroxyl groups is 1. The number of amides is 1. The number of phenols is 1. The summed E-state index contributed by atoms with van der Waals surface area (Å²) in [6.07, 6.45) is 2.05. The van der Waals surface area contributed by atoms with Gasteiger partial charge in [0.15, 0.2) is 5.75 Å². The van der Waals surface area contributed by atoms with E-state index in [1.807, 2.05) is 6.92 Å². The minimum Gasteiger partial charge on any atom is -0.505 e. The molecule has 1 amide bonds. The lowest BCUT2D eigenvalue weighted by Crippen LogP contribution is -2.33. The van der Waals surface area contributed by atoms with Crippen LogP contribution in [0.3, 0.4) is 0 Å². The summed E-state index contributed by atoms with van der Waals surface area (Å²) >= 11 is 0. The molecule has 1 aromatic rings. The molecule has 1 atom stereocenters. The zero-order valence-electron chi connectivity index (χ0n) is 9.31. The topological polar surface area (TPSA) is 66.6 Å². The summed E-state index contributed by atoms with van der Waals surface area (Å²) in [5.74, 6) is -0.235. The second-order valence-corrected chi connectivity index (χ2v) is 4.23. The van der Waals surface area contributed by atoms with E-state index in [1.54, 1.807) is 23.1 Å². The summed E-state index contributed by atoms with van der Waals surface area (Å²) < 4.78 is 0. The number of nitrogen functional groups attached to an aromatic ring is 1. The summed E-state index contributed by atoms with van der Waals surface area (Å²) in [6, 6.07) is 5.12. The van der Waals surface area contributed by atoms with Gasteiger partial charge in [0.05, 0.1) is 11.3 Å². The number of carbonyl (C=O) groups is 1. The Hall–Kier alpha value is -1.71. The Morgan fingerprint density at radius 3 is 2.94 bits per heavy atom. The van der Waals surface area contributed by atoms with E-state index in [9.17, 15) is 9.90 Å². The SMILES string of the molecule is C[C@@H]1CCCN1C(=O)c1cccc(N)c1O. The monoisotopic (exact) mass is 220 g/mol. The van der Waals surface area contributed by atoms with Gasteiger partial charge in [0.2, 0.25) is 0 Å². The summed E-state index contributed by atoms with van der Waals surface area (Å²) in [7, 11) is 0. The van der Waals surface area contributed by atoms with Crippen LogP contribution >= 0.6 is 0 Å². The Balaban J connectivity index is 2.30. The normalized spacial score (nSPS) is 20.1. The van der Waals surface area contributed by atoms with Gasteiger partial charge in [0, 0.05) is 12.6 Å². The highest BCUT2D eigenvalue weighted by Crippen LogP contribution is 2.28. The number of carbonyl (C=O) groups excluding carboxylic acids is 1. The summed E-state index contributed by atoms with van der Waals surface area (Å²) in [6.45, 7) is 2.78. The first-order valence-electron chi connectivity index (χ1n) is 5.49. The van der Waals surface area contributed by atoms with Crippen LogP contribution in [0, 0.1) is 0 Å². The quantitative estimate of drug-likeness (QED) is 0.558. The van der Waals surface area contributed by atoms with Crippen molar-refractivity contribution in [1.82, 2.24) is 4.90 Å². The number of nitrogens with two attached hydrogens (primary N) is 1. The van der Waals surface area contributed by atoms with Crippen LogP contribution < -0.4 is 5.73 Å². The fourth-order valence-electron chi connectivity index (χ4n) is 2.12. The molecular weight excluding hydrogens is 204 g/mol. The fraction of sp³-hybridized carbons (Fsp3) is 0.417. The van der Waals surface area contributed by atoms with Crippen LogP contribution in [0.5, 0.6) is 5.75 Å². The van der Waals surface area contributed by atoms with Crippen molar-refractivity contribution in [1.29, 1.82) is 0 Å². The van der Waals surface area contributed by atoms with Crippen LogP contribution in [0.15, 0.2) is 18.2 Å². The fourth-order valence-corrected chi connectivity index (χ4v) is 2.12. The lowest BCUT2D eigenvalue weighted by molar-refractivity contribution is 0.0744. The highest BCUT2D eigenvalue weighted by atomic mass is 16.3. The molecule has 86 valence electrons. The second-order valence-electron chi connectivity index (χ2n) is 4.23. The maximum Gasteiger partial charge on any atom is 0.257 e. The Morgan fingerprint density at radius 2 is 2.31 bits per heavy atom. The van der Waals surface area contributed by atoms with E-state index < -0.39 is 0 Å². The van der Waals surface area contributed by atoms with Crippen molar-refractivity contribution in [2.45, 2.75) is 25.8 Å². The van der Waals surface area contributed by atoms with Crippen LogP contribution in [0.1, 0.15) is 30.1 Å². The molecule has 0 unspecified atom stereocenters. The number of hydrogen-bond acceptors (Lipinski definition) is 3. The number of likely N-dealkylation sites (tertiary alicyclic amines) is 1. The highest BCUT2D eigenvalue weighted by Gasteiger charge is 2.27. The Labute approximate surface area is 94.7 Å². The van der Waals surface area contributed by atoms with Gasteiger partial charge in [-0.05, 0) is 31.9 Å². The number of para-hydroxylation sites is 1. The molecule has 1 aliphatic heterocycles. The van der Waals surface area contributed by atoms with Crippen molar-refractivity contribution in [3.05, 3.63) is 23.8 Å². The number of benzene rings is 1. The Morgan fingerprint density at radius 1 is 1.56 bits per heavy atom. The number of rotatable bonds is 1. The molecule has 0 saturated carbocycles. The van der Waals surface area contributed by atoms with E-state index in [0.29, 0.717) is 5.56 Å². The maximum absolute atomic E-state index is 12.1. The molecule has 1 heterocycles. The van der Waals surface area contributed by atoms with Crippen molar-refractivity contribution < 1.29 is 9.90 Å². The maximum atomic E-state index is 12.1. The van der Waals surface area contributed by atoms with Gasteiger partial charge in [-0.2, -0.15) is 0 Å². The van der Waals surface area contributed by atoms with Gasteiger partial charge in [0.1, 0.15) is 0 Å². The number of anilines is 1. The molecule has 4 nitrogen and oxygen atoms in total. The lowest BCUT2D eigenvalue weighted by atomic mass is 10.1. The minimum absolute atomic E-state index is 0.105. The smallest absolute Gasteiger partial charge is 0.257 e. The summed E-state index contributed by atoms with van der Waals surface area (Å²) in [5.41, 5.74) is 6.12. The molecule has 16 heavy (non-hydrogen) atoms. The predicted molar refractivity (Wildman–Crippen MR) is 62.3 cm³/mol. The molecule has 0 bridgehead atoms. The third-order valence-corrected chi connectivity index (χ3v) is 3.11. The Bertz CT molecular complexity index is 417. The zero-order chi connectivity index (χ0) is 11.7. The van der Waals surface area contributed by atoms with Gasteiger partial charge in [0.25, 0.3) is 5.91 Å². The van der Waals surface area contributed by atoms with Crippen molar-refractivity contribution in [3.63, 3.8) is 0 Å². The highest BCUT2D eigenvalue weighted by molar-refractivity contribution is 5.98. The molecule has 0 spiro atoms. The van der Waals surface area contributed by atoms with Gasteiger partial charge < -0.3 is 15.7 Å². The summed E-state index contributed by atoms with van der Waals surface area (Å²) in [4.78, 5) is 13.9. The summed E-state index contributed by atoms with van der Waals surface area (Å²) in [5, 5.41) is 9.74. The molecule has 0 aliphatic carbocycles. The third kappa shape index (κ3) is 1.71. The molecule has 1 saturated heterocycles. The van der Waals surface area contributed by atoms with E-state index in [-0.39, 0.29) is 23.4 Å². The van der Waals surface area contributed by atoms with Crippen molar-refractivity contribution in [2.24, 2.45) is 0 Å². The van der Waals surface area contributed by atoms with E-state index in [1.165, 1.54) is 0 Å². The van der Waals surface area contributed by atoms with Crippen LogP contribution in [-0.2, 0) is 0 Å². The average Bonchev–Trinajstić information content (AvgIpc) is 2.68. The standard InChI is InChI=1S/C12H16N2O2/c1-8-4-3-7-14(8)12(16)9-5-2-6-10(13)11(9)15/h2,5-6,8,15H,3-4,7,13H2,1H3/t8-/m1/s1. The largest absolute Gasteiger partial charge is 0.505 e. The van der Waals surface area contributed by atoms with Gasteiger partial charge >= 0.3 is 0 Å². The zero-order valence-corrected chi connectivity index (χ0v) is 9.31. The van der Waals surface area contributed by atoms with E-state index in [0.717, 1.165) is 19.4 Å². The van der Waals surface area contributed by atoms with Crippen LogP contribution in [0.25, 0.3) is 0 Å². The minimum atomic E-state index is -0.130. The average molecular weight is 220 g/mol. The molecule has 1 aliphatic rings. The first-order valence-corrected chi connectivity index (χ1v) is 5.49. The first kappa shape index (κ1) is 10.8. The van der Waals surface area contributed by atoms with E-state index in [2.05, 4.69) is 0 Å². The molecule has 0 radical (unpaired) electrons. The van der Waals surface area contributed by atoms with Gasteiger partial charge in [-0.3, -0.25) is 4.79 Å². The van der Waals surface area contributed by atoms with Crippen LogP contribution in [0.2, 0.25) is 0 Å². The number of nitrogens with zero attached hydrogens (tertiary/aromatic N) is 1. The Kier molecular flexibility index (Phi) is 2.73. The molecular formula is C12H16N2O2. The van der Waals surface area contributed by atoms with Gasteiger partial charge in [-0.25, -0.2) is 0 Å². The van der Waals surface area contributed by atoms with E-state index in [4.69, 9.17) is 5.73 Å². The van der Waals surface area contributed by atoms with E-state index >= 15 is 0 Å². The van der Waals surface area contributed by atoms with Crippen molar-refractivity contribution in [2.75, 3.05) is 12.3 Å². The molecule has 0 aromatic heterocycles. The number of phenolic OH excluding ortho intramolecular Hbond substituents is 1. The van der Waals surface area contributed by atoms with Crippen molar-refractivity contribution >= 4 is 11.6 Å². The predicted octanol–water partition coefficient (Wildman–Crippen LogP) is 1.60. The lowest BCUT2D eigenvalue weighted by Gasteiger charge is -2.22. The van der Waals surface area contributed by atoms with Crippen molar-refractivity contribution in [3.8, 4) is 5.75 Å². The molecule has 4 heteroatoms. The molecule has 3 N–H and O–H groups in total. The van der Waals surface area contributed by atoms with Crippen LogP contribution in [0.4, 0.5) is 5.69 Å². The van der Waals surface area contributed by atoms with Gasteiger partial charge in [-0.15, -0.1) is 0 Å². The second kappa shape index (κ2) is 4.04. The third-order valence-electron chi connectivity index (χ3n) is 3.11. The molecule has 2 rings (SSSR count).